The number of piperazine rings is 1. The lowest BCUT2D eigenvalue weighted by atomic mass is 9.91. The lowest BCUT2D eigenvalue weighted by molar-refractivity contribution is -0.153. The zero-order chi connectivity index (χ0) is 20.2. The Balaban J connectivity index is 1.37. The topological polar surface area (TPSA) is 90.9 Å². The SMILES string of the molecule is C[C@@H](OCc1ccccc1)[C@@H]1NC(=O)[C@@H]2C[C@@]3(O)c4ccccc4N[C@H]3N2C1=O. The van der Waals surface area contributed by atoms with Gasteiger partial charge in [-0.05, 0) is 18.6 Å². The van der Waals surface area contributed by atoms with Crippen LogP contribution < -0.4 is 10.6 Å². The van der Waals surface area contributed by atoms with Gasteiger partial charge in [-0.15, -0.1) is 0 Å². The Labute approximate surface area is 168 Å². The minimum absolute atomic E-state index is 0.172. The fourth-order valence-electron chi connectivity index (χ4n) is 4.68. The molecule has 0 unspecified atom stereocenters. The number of hydrogen-bond acceptors (Lipinski definition) is 5. The molecule has 2 aromatic rings. The number of carbonyl (C=O) groups is 2. The first kappa shape index (κ1) is 18.1. The first-order chi connectivity index (χ1) is 14.0. The average Bonchev–Trinajstić information content (AvgIpc) is 3.19. The Morgan fingerprint density at radius 3 is 2.66 bits per heavy atom. The van der Waals surface area contributed by atoms with Crippen molar-refractivity contribution in [1.82, 2.24) is 10.2 Å². The van der Waals surface area contributed by atoms with Gasteiger partial charge in [0, 0.05) is 17.7 Å². The zero-order valence-corrected chi connectivity index (χ0v) is 16.0. The summed E-state index contributed by atoms with van der Waals surface area (Å²) in [5.74, 6) is -0.497. The van der Waals surface area contributed by atoms with E-state index in [1.54, 1.807) is 6.92 Å². The van der Waals surface area contributed by atoms with Crippen LogP contribution in [0.25, 0.3) is 0 Å². The number of aliphatic hydroxyl groups is 1. The minimum atomic E-state index is -1.28. The van der Waals surface area contributed by atoms with Gasteiger partial charge >= 0.3 is 0 Å². The Morgan fingerprint density at radius 1 is 1.14 bits per heavy atom. The molecular formula is C22H23N3O4. The maximum atomic E-state index is 13.3. The van der Waals surface area contributed by atoms with Crippen molar-refractivity contribution in [2.24, 2.45) is 0 Å². The van der Waals surface area contributed by atoms with Gasteiger partial charge in [0.25, 0.3) is 0 Å². The second-order valence-corrected chi connectivity index (χ2v) is 7.97. The number of benzene rings is 2. The largest absolute Gasteiger partial charge is 0.381 e. The molecule has 0 radical (unpaired) electrons. The van der Waals surface area contributed by atoms with Gasteiger partial charge in [-0.2, -0.15) is 0 Å². The normalized spacial score (nSPS) is 30.8. The highest BCUT2D eigenvalue weighted by atomic mass is 16.5. The van der Waals surface area contributed by atoms with Gasteiger partial charge in [-0.3, -0.25) is 9.59 Å². The van der Waals surface area contributed by atoms with Crippen LogP contribution >= 0.6 is 0 Å². The van der Waals surface area contributed by atoms with Gasteiger partial charge in [0.1, 0.15) is 23.9 Å². The molecule has 3 aliphatic heterocycles. The van der Waals surface area contributed by atoms with E-state index in [1.165, 1.54) is 4.90 Å². The number of hydrogen-bond donors (Lipinski definition) is 3. The number of carbonyl (C=O) groups excluding carboxylic acids is 2. The molecule has 7 nitrogen and oxygen atoms in total. The minimum Gasteiger partial charge on any atom is -0.381 e. The Kier molecular flexibility index (Phi) is 4.11. The highest BCUT2D eigenvalue weighted by molar-refractivity contribution is 5.99. The Bertz CT molecular complexity index is 966. The molecule has 2 fully saturated rings. The first-order valence-electron chi connectivity index (χ1n) is 9.85. The molecule has 150 valence electrons. The van der Waals surface area contributed by atoms with Gasteiger partial charge < -0.3 is 25.4 Å². The van der Waals surface area contributed by atoms with Crippen LogP contribution in [0, 0.1) is 0 Å². The van der Waals surface area contributed by atoms with Gasteiger partial charge in [0.2, 0.25) is 11.8 Å². The monoisotopic (exact) mass is 393 g/mol. The molecule has 3 N–H and O–H groups in total. The molecule has 29 heavy (non-hydrogen) atoms. The fraction of sp³-hybridized carbons (Fsp3) is 0.364. The number of fused-ring (bicyclic) bond motifs is 5. The average molecular weight is 393 g/mol. The molecule has 0 aromatic heterocycles. The van der Waals surface area contributed by atoms with Crippen molar-refractivity contribution in [2.45, 2.75) is 49.9 Å². The smallest absolute Gasteiger partial charge is 0.250 e. The number of ether oxygens (including phenoxy) is 1. The second-order valence-electron chi connectivity index (χ2n) is 7.97. The van der Waals surface area contributed by atoms with Crippen molar-refractivity contribution in [3.05, 3.63) is 65.7 Å². The van der Waals surface area contributed by atoms with Crippen LogP contribution in [0.5, 0.6) is 0 Å². The number of rotatable bonds is 4. The van der Waals surface area contributed by atoms with E-state index in [0.29, 0.717) is 6.61 Å². The lowest BCUT2D eigenvalue weighted by Gasteiger charge is -2.39. The molecule has 2 amide bonds. The molecule has 5 rings (SSSR count). The standard InChI is InChI=1S/C22H23N3O4/c1-13(29-12-14-7-3-2-4-8-14)18-20(27)25-17(19(26)24-18)11-22(28)15-9-5-6-10-16(15)23-21(22)25/h2-10,13,17-18,21,23,28H,11-12H2,1H3,(H,24,26)/t13-,17+,18+,21+,22-/m1/s1. The van der Waals surface area contributed by atoms with E-state index in [0.717, 1.165) is 16.8 Å². The lowest BCUT2D eigenvalue weighted by Crippen LogP contribution is -2.66. The molecule has 0 spiro atoms. The van der Waals surface area contributed by atoms with Crippen LogP contribution in [0.15, 0.2) is 54.6 Å². The summed E-state index contributed by atoms with van der Waals surface area (Å²) in [6, 6.07) is 15.6. The number of nitrogens with one attached hydrogen (secondary N) is 2. The summed E-state index contributed by atoms with van der Waals surface area (Å²) >= 11 is 0. The van der Waals surface area contributed by atoms with E-state index in [2.05, 4.69) is 10.6 Å². The highest BCUT2D eigenvalue weighted by Gasteiger charge is 2.62. The molecule has 0 aliphatic carbocycles. The number of para-hydroxylation sites is 1. The van der Waals surface area contributed by atoms with Crippen LogP contribution in [0.3, 0.4) is 0 Å². The summed E-state index contributed by atoms with van der Waals surface area (Å²) in [4.78, 5) is 27.6. The molecule has 2 saturated heterocycles. The molecule has 0 saturated carbocycles. The van der Waals surface area contributed by atoms with Gasteiger partial charge in [0.05, 0.1) is 12.7 Å². The van der Waals surface area contributed by atoms with Crippen LogP contribution in [0.4, 0.5) is 5.69 Å². The third-order valence-corrected chi connectivity index (χ3v) is 6.20. The van der Waals surface area contributed by atoms with E-state index in [9.17, 15) is 14.7 Å². The Hall–Kier alpha value is -2.90. The van der Waals surface area contributed by atoms with Crippen LogP contribution in [-0.2, 0) is 26.5 Å². The predicted octanol–water partition coefficient (Wildman–Crippen LogP) is 1.33. The van der Waals surface area contributed by atoms with E-state index in [-0.39, 0.29) is 18.2 Å². The van der Waals surface area contributed by atoms with E-state index in [4.69, 9.17) is 4.74 Å². The quantitative estimate of drug-likeness (QED) is 0.729. The van der Waals surface area contributed by atoms with E-state index >= 15 is 0 Å². The maximum Gasteiger partial charge on any atom is 0.250 e. The first-order valence-corrected chi connectivity index (χ1v) is 9.85. The van der Waals surface area contributed by atoms with Gasteiger partial charge in [-0.1, -0.05) is 48.5 Å². The third kappa shape index (κ3) is 2.73. The molecule has 7 heteroatoms. The zero-order valence-electron chi connectivity index (χ0n) is 16.0. The summed E-state index contributed by atoms with van der Waals surface area (Å²) in [6.07, 6.45) is -0.997. The molecule has 3 aliphatic rings. The summed E-state index contributed by atoms with van der Waals surface area (Å²) in [5.41, 5.74) is 1.24. The number of anilines is 1. The summed E-state index contributed by atoms with van der Waals surface area (Å²) in [5, 5.41) is 17.4. The molecule has 0 bridgehead atoms. The summed E-state index contributed by atoms with van der Waals surface area (Å²) < 4.78 is 5.89. The second kappa shape index (κ2) is 6.57. The van der Waals surface area contributed by atoms with Crippen molar-refractivity contribution in [3.8, 4) is 0 Å². The fourth-order valence-corrected chi connectivity index (χ4v) is 4.68. The Morgan fingerprint density at radius 2 is 1.86 bits per heavy atom. The van der Waals surface area contributed by atoms with Crippen LogP contribution in [0.1, 0.15) is 24.5 Å². The third-order valence-electron chi connectivity index (χ3n) is 6.20. The molecular weight excluding hydrogens is 370 g/mol. The molecule has 3 heterocycles. The van der Waals surface area contributed by atoms with Crippen LogP contribution in [-0.4, -0.2) is 46.2 Å². The van der Waals surface area contributed by atoms with Crippen LogP contribution in [0.2, 0.25) is 0 Å². The van der Waals surface area contributed by atoms with Crippen molar-refractivity contribution < 1.29 is 19.4 Å². The van der Waals surface area contributed by atoms with Crippen molar-refractivity contribution in [3.63, 3.8) is 0 Å². The van der Waals surface area contributed by atoms with E-state index in [1.807, 2.05) is 54.6 Å². The summed E-state index contributed by atoms with van der Waals surface area (Å²) in [7, 11) is 0. The van der Waals surface area contributed by atoms with Crippen molar-refractivity contribution in [2.75, 3.05) is 5.32 Å². The summed E-state index contributed by atoms with van der Waals surface area (Å²) in [6.45, 7) is 2.13. The van der Waals surface area contributed by atoms with Gasteiger partial charge in [-0.25, -0.2) is 0 Å². The van der Waals surface area contributed by atoms with E-state index < -0.39 is 30.0 Å². The molecule has 5 atom stereocenters. The number of nitrogens with zero attached hydrogens (tertiary/aromatic N) is 1. The van der Waals surface area contributed by atoms with Crippen molar-refractivity contribution in [1.29, 1.82) is 0 Å². The van der Waals surface area contributed by atoms with Gasteiger partial charge in [0.15, 0.2) is 0 Å². The number of amides is 2. The maximum absolute atomic E-state index is 13.3. The molecule has 2 aromatic carbocycles. The highest BCUT2D eigenvalue weighted by Crippen LogP contribution is 2.50. The van der Waals surface area contributed by atoms with Crippen molar-refractivity contribution >= 4 is 17.5 Å². The predicted molar refractivity (Wildman–Crippen MR) is 106 cm³/mol.